The molecular weight excluding hydrogens is 307 g/mol. The van der Waals surface area contributed by atoms with E-state index in [0.29, 0.717) is 26.4 Å². The summed E-state index contributed by atoms with van der Waals surface area (Å²) in [6.45, 7) is 1.53. The van der Waals surface area contributed by atoms with Crippen molar-refractivity contribution in [3.63, 3.8) is 0 Å². The predicted octanol–water partition coefficient (Wildman–Crippen LogP) is 4.89. The van der Waals surface area contributed by atoms with Gasteiger partial charge >= 0.3 is 0 Å². The second-order valence-electron chi connectivity index (χ2n) is 4.17. The van der Waals surface area contributed by atoms with Crippen LogP contribution in [0, 0.1) is 0 Å². The molecule has 0 aliphatic carbocycles. The first-order chi connectivity index (χ1) is 8.88. The Bertz CT molecular complexity index is 580. The third-order valence-corrected chi connectivity index (χ3v) is 3.36. The highest BCUT2D eigenvalue weighted by Crippen LogP contribution is 2.33. The Morgan fingerprint density at radius 2 is 1.53 bits per heavy atom. The molecule has 0 bridgehead atoms. The van der Waals surface area contributed by atoms with Gasteiger partial charge in [0.1, 0.15) is 5.75 Å². The average Bonchev–Trinajstić information content (AvgIpc) is 2.33. The van der Waals surface area contributed by atoms with E-state index in [4.69, 9.17) is 39.5 Å². The van der Waals surface area contributed by atoms with Crippen molar-refractivity contribution in [3.05, 3.63) is 63.1 Å². The van der Waals surface area contributed by atoms with Crippen molar-refractivity contribution >= 4 is 34.8 Å². The highest BCUT2D eigenvalue weighted by molar-refractivity contribution is 6.35. The van der Waals surface area contributed by atoms with Gasteiger partial charge in [0.2, 0.25) is 5.79 Å². The summed E-state index contributed by atoms with van der Waals surface area (Å²) < 4.78 is 5.54. The van der Waals surface area contributed by atoms with Crippen LogP contribution >= 0.6 is 34.8 Å². The third kappa shape index (κ3) is 3.54. The zero-order valence-electron chi connectivity index (χ0n) is 10.0. The number of aliphatic hydroxyl groups is 1. The zero-order chi connectivity index (χ0) is 14.0. The maximum Gasteiger partial charge on any atom is 0.232 e. The second kappa shape index (κ2) is 5.59. The molecule has 19 heavy (non-hydrogen) atoms. The van der Waals surface area contributed by atoms with Crippen LogP contribution in [0.5, 0.6) is 5.75 Å². The Kier molecular flexibility index (Phi) is 4.26. The molecule has 1 N–H and O–H groups in total. The number of hydrogen-bond donors (Lipinski definition) is 1. The molecule has 1 atom stereocenters. The third-order valence-electron chi connectivity index (χ3n) is 2.58. The summed E-state index contributed by atoms with van der Waals surface area (Å²) in [6, 6.07) is 11.5. The molecule has 2 aromatic carbocycles. The van der Waals surface area contributed by atoms with Gasteiger partial charge in [0, 0.05) is 22.5 Å². The number of rotatable bonds is 3. The second-order valence-corrected chi connectivity index (χ2v) is 5.45. The normalized spacial score (nSPS) is 13.9. The summed E-state index contributed by atoms with van der Waals surface area (Å²) in [5.41, 5.74) is 0.572. The fourth-order valence-electron chi connectivity index (χ4n) is 1.59. The minimum absolute atomic E-state index is 0.335. The lowest BCUT2D eigenvalue weighted by Crippen LogP contribution is -2.28. The van der Waals surface area contributed by atoms with E-state index in [9.17, 15) is 5.11 Å². The monoisotopic (exact) mass is 316 g/mol. The van der Waals surface area contributed by atoms with E-state index in [2.05, 4.69) is 0 Å². The highest BCUT2D eigenvalue weighted by Gasteiger charge is 2.26. The van der Waals surface area contributed by atoms with Crippen LogP contribution in [0.2, 0.25) is 15.1 Å². The van der Waals surface area contributed by atoms with E-state index < -0.39 is 5.79 Å². The first-order valence-corrected chi connectivity index (χ1v) is 6.64. The van der Waals surface area contributed by atoms with Gasteiger partial charge in [-0.3, -0.25) is 0 Å². The highest BCUT2D eigenvalue weighted by atomic mass is 35.5. The molecule has 1 unspecified atom stereocenters. The SMILES string of the molecule is CC(O)(Oc1ccc(Cl)cc1Cl)c1ccc(Cl)cc1. The van der Waals surface area contributed by atoms with Crippen LogP contribution in [0.3, 0.4) is 0 Å². The van der Waals surface area contributed by atoms with Gasteiger partial charge in [0.25, 0.3) is 0 Å². The van der Waals surface area contributed by atoms with Crippen molar-refractivity contribution in [3.8, 4) is 5.75 Å². The van der Waals surface area contributed by atoms with Gasteiger partial charge in [0.05, 0.1) is 5.02 Å². The lowest BCUT2D eigenvalue weighted by molar-refractivity contribution is -0.129. The Morgan fingerprint density at radius 3 is 2.11 bits per heavy atom. The molecule has 0 aliphatic heterocycles. The topological polar surface area (TPSA) is 29.5 Å². The zero-order valence-corrected chi connectivity index (χ0v) is 12.3. The van der Waals surface area contributed by atoms with E-state index in [1.54, 1.807) is 42.5 Å². The molecular formula is C14H11Cl3O2. The molecule has 2 aromatic rings. The summed E-state index contributed by atoms with van der Waals surface area (Å²) in [7, 11) is 0. The van der Waals surface area contributed by atoms with Crippen LogP contribution in [0.1, 0.15) is 12.5 Å². The quantitative estimate of drug-likeness (QED) is 0.817. The summed E-state index contributed by atoms with van der Waals surface area (Å²) in [5, 5.41) is 11.8. The minimum Gasteiger partial charge on any atom is -0.457 e. The summed E-state index contributed by atoms with van der Waals surface area (Å²) >= 11 is 17.6. The van der Waals surface area contributed by atoms with Crippen molar-refractivity contribution in [1.82, 2.24) is 0 Å². The van der Waals surface area contributed by atoms with Crippen molar-refractivity contribution in [2.45, 2.75) is 12.7 Å². The summed E-state index contributed by atoms with van der Waals surface area (Å²) in [4.78, 5) is 0. The minimum atomic E-state index is -1.51. The van der Waals surface area contributed by atoms with Gasteiger partial charge in [-0.05, 0) is 30.3 Å². The summed E-state index contributed by atoms with van der Waals surface area (Å²) in [5.74, 6) is -1.16. The molecule has 100 valence electrons. The molecule has 0 spiro atoms. The Balaban J connectivity index is 2.27. The molecule has 0 amide bonds. The van der Waals surface area contributed by atoms with E-state index in [1.807, 2.05) is 0 Å². The van der Waals surface area contributed by atoms with E-state index in [1.165, 1.54) is 6.92 Å². The largest absolute Gasteiger partial charge is 0.457 e. The van der Waals surface area contributed by atoms with E-state index in [0.717, 1.165) is 0 Å². The Hall–Kier alpha value is -0.930. The van der Waals surface area contributed by atoms with Crippen molar-refractivity contribution in [1.29, 1.82) is 0 Å². The Labute approximate surface area is 126 Å². The molecule has 2 rings (SSSR count). The lowest BCUT2D eigenvalue weighted by atomic mass is 10.1. The maximum atomic E-state index is 10.4. The fourth-order valence-corrected chi connectivity index (χ4v) is 2.16. The number of halogens is 3. The van der Waals surface area contributed by atoms with Gasteiger partial charge in [-0.25, -0.2) is 0 Å². The molecule has 0 aliphatic rings. The Morgan fingerprint density at radius 1 is 0.947 bits per heavy atom. The van der Waals surface area contributed by atoms with Crippen LogP contribution in [0.4, 0.5) is 0 Å². The van der Waals surface area contributed by atoms with Crippen molar-refractivity contribution in [2.75, 3.05) is 0 Å². The van der Waals surface area contributed by atoms with Crippen molar-refractivity contribution < 1.29 is 9.84 Å². The molecule has 0 fully saturated rings. The van der Waals surface area contributed by atoms with E-state index in [-0.39, 0.29) is 0 Å². The molecule has 0 radical (unpaired) electrons. The molecule has 0 saturated heterocycles. The first kappa shape index (κ1) is 14.5. The molecule has 0 heterocycles. The van der Waals surface area contributed by atoms with Crippen molar-refractivity contribution in [2.24, 2.45) is 0 Å². The lowest BCUT2D eigenvalue weighted by Gasteiger charge is -2.25. The smallest absolute Gasteiger partial charge is 0.232 e. The van der Waals surface area contributed by atoms with Gasteiger partial charge in [-0.2, -0.15) is 0 Å². The van der Waals surface area contributed by atoms with Gasteiger partial charge < -0.3 is 9.84 Å². The van der Waals surface area contributed by atoms with Crippen LogP contribution in [-0.2, 0) is 5.79 Å². The van der Waals surface area contributed by atoms with Gasteiger partial charge in [-0.15, -0.1) is 0 Å². The van der Waals surface area contributed by atoms with Crippen LogP contribution in [0.15, 0.2) is 42.5 Å². The number of hydrogen-bond acceptors (Lipinski definition) is 2. The first-order valence-electron chi connectivity index (χ1n) is 5.51. The molecule has 0 aromatic heterocycles. The number of benzene rings is 2. The average molecular weight is 318 g/mol. The summed E-state index contributed by atoms with van der Waals surface area (Å²) in [6.07, 6.45) is 0. The van der Waals surface area contributed by atoms with Crippen LogP contribution < -0.4 is 4.74 Å². The predicted molar refractivity (Wildman–Crippen MR) is 78.1 cm³/mol. The van der Waals surface area contributed by atoms with Gasteiger partial charge in [0.15, 0.2) is 0 Å². The standard InChI is InChI=1S/C14H11Cl3O2/c1-14(18,9-2-4-10(15)5-3-9)19-13-7-6-11(16)8-12(13)17/h2-8,18H,1H3. The van der Waals surface area contributed by atoms with Crippen LogP contribution in [0.25, 0.3) is 0 Å². The fraction of sp³-hybridized carbons (Fsp3) is 0.143. The van der Waals surface area contributed by atoms with Crippen LogP contribution in [-0.4, -0.2) is 5.11 Å². The molecule has 0 saturated carbocycles. The van der Waals surface area contributed by atoms with E-state index >= 15 is 0 Å². The van der Waals surface area contributed by atoms with Gasteiger partial charge in [-0.1, -0.05) is 46.9 Å². The molecule has 5 heteroatoms. The molecule has 2 nitrogen and oxygen atoms in total. The number of ether oxygens (including phenoxy) is 1. The maximum absolute atomic E-state index is 10.4.